The molecule has 0 saturated heterocycles. The van der Waals surface area contributed by atoms with Crippen molar-refractivity contribution < 1.29 is 14.0 Å². The zero-order valence-corrected chi connectivity index (χ0v) is 28.0. The highest BCUT2D eigenvalue weighted by molar-refractivity contribution is 7.00. The SMILES string of the molecule is CC(C)(C)[Si](OCC1CC(O)C1O[Si](c1ccccc1)(c1ccccc1)C(C)(C)C)(c1ccccc1)c1ccccc1. The molecule has 1 aliphatic rings. The smallest absolute Gasteiger partial charge is 0.261 e. The molecular formula is C37H46O3Si2. The normalized spacial score (nSPS) is 19.7. The Kier molecular flexibility index (Phi) is 8.80. The zero-order chi connectivity index (χ0) is 30.0. The van der Waals surface area contributed by atoms with Gasteiger partial charge in [0.25, 0.3) is 16.6 Å². The van der Waals surface area contributed by atoms with Crippen LogP contribution in [0.15, 0.2) is 121 Å². The van der Waals surface area contributed by atoms with Crippen molar-refractivity contribution in [3.05, 3.63) is 121 Å². The molecule has 5 rings (SSSR count). The molecule has 0 bridgehead atoms. The Hall–Kier alpha value is -2.81. The van der Waals surface area contributed by atoms with Gasteiger partial charge in [-0.05, 0) is 37.2 Å². The number of benzene rings is 4. The van der Waals surface area contributed by atoms with E-state index in [0.29, 0.717) is 13.0 Å². The standard InChI is InChI=1S/C37H46O3Si2/c1-36(2,3)41(30-19-11-7-12-20-30,31-21-13-8-14-22-31)39-28-29-27-34(38)35(29)40-42(37(4,5)6,32-23-15-9-16-24-32)33-25-17-10-18-26-33/h7-26,29,34-35,38H,27-28H2,1-6H3. The van der Waals surface area contributed by atoms with Gasteiger partial charge in [-0.15, -0.1) is 0 Å². The van der Waals surface area contributed by atoms with Gasteiger partial charge in [0.05, 0.1) is 12.2 Å². The third kappa shape index (κ3) is 5.49. The van der Waals surface area contributed by atoms with Gasteiger partial charge >= 0.3 is 0 Å². The Labute approximate surface area is 254 Å². The van der Waals surface area contributed by atoms with Crippen molar-refractivity contribution in [2.45, 2.75) is 70.2 Å². The molecule has 1 aliphatic carbocycles. The van der Waals surface area contributed by atoms with Gasteiger partial charge in [0.1, 0.15) is 0 Å². The third-order valence-electron chi connectivity index (χ3n) is 9.05. The minimum absolute atomic E-state index is 0.100. The van der Waals surface area contributed by atoms with Gasteiger partial charge in [-0.1, -0.05) is 163 Å². The van der Waals surface area contributed by atoms with E-state index in [9.17, 15) is 5.11 Å². The van der Waals surface area contributed by atoms with Crippen molar-refractivity contribution in [1.29, 1.82) is 0 Å². The zero-order valence-electron chi connectivity index (χ0n) is 26.0. The van der Waals surface area contributed by atoms with Crippen LogP contribution in [0.1, 0.15) is 48.0 Å². The minimum Gasteiger partial charge on any atom is -0.407 e. The van der Waals surface area contributed by atoms with Gasteiger partial charge in [-0.25, -0.2) is 0 Å². The Morgan fingerprint density at radius 1 is 0.571 bits per heavy atom. The van der Waals surface area contributed by atoms with Crippen LogP contribution in [0, 0.1) is 5.92 Å². The first-order chi connectivity index (χ1) is 20.0. The first-order valence-corrected chi connectivity index (χ1v) is 19.0. The average Bonchev–Trinajstić information content (AvgIpc) is 2.98. The molecule has 0 radical (unpaired) electrons. The molecule has 3 unspecified atom stereocenters. The van der Waals surface area contributed by atoms with Gasteiger partial charge in [0.15, 0.2) is 0 Å². The van der Waals surface area contributed by atoms with Gasteiger partial charge in [-0.3, -0.25) is 0 Å². The van der Waals surface area contributed by atoms with E-state index < -0.39 is 22.7 Å². The lowest BCUT2D eigenvalue weighted by Gasteiger charge is -2.52. The van der Waals surface area contributed by atoms with E-state index in [0.717, 1.165) is 0 Å². The van der Waals surface area contributed by atoms with Crippen LogP contribution in [-0.4, -0.2) is 40.6 Å². The van der Waals surface area contributed by atoms with E-state index in [2.05, 4.69) is 163 Å². The molecule has 1 saturated carbocycles. The Morgan fingerprint density at radius 2 is 0.905 bits per heavy atom. The summed E-state index contributed by atoms with van der Waals surface area (Å²) in [5.74, 6) is 0.100. The van der Waals surface area contributed by atoms with Crippen LogP contribution in [0.5, 0.6) is 0 Å². The highest BCUT2D eigenvalue weighted by Crippen LogP contribution is 2.43. The van der Waals surface area contributed by atoms with E-state index in [1.54, 1.807) is 0 Å². The quantitative estimate of drug-likeness (QED) is 0.246. The monoisotopic (exact) mass is 594 g/mol. The van der Waals surface area contributed by atoms with Crippen molar-refractivity contribution in [2.24, 2.45) is 5.92 Å². The molecule has 0 aliphatic heterocycles. The molecule has 1 fully saturated rings. The fraction of sp³-hybridized carbons (Fsp3) is 0.351. The highest BCUT2D eigenvalue weighted by Gasteiger charge is 2.56. The number of aliphatic hydroxyl groups is 1. The second kappa shape index (κ2) is 12.1. The van der Waals surface area contributed by atoms with Gasteiger partial charge < -0.3 is 14.0 Å². The molecule has 0 aromatic heterocycles. The Balaban J connectivity index is 1.53. The van der Waals surface area contributed by atoms with Gasteiger partial charge in [0.2, 0.25) is 0 Å². The second-order valence-electron chi connectivity index (χ2n) is 13.8. The fourth-order valence-electron chi connectivity index (χ4n) is 6.92. The number of aliphatic hydroxyl groups excluding tert-OH is 1. The first kappa shape index (κ1) is 30.6. The molecule has 0 amide bonds. The molecule has 42 heavy (non-hydrogen) atoms. The largest absolute Gasteiger partial charge is 0.407 e. The lowest BCUT2D eigenvalue weighted by molar-refractivity contribution is -0.104. The van der Waals surface area contributed by atoms with Crippen molar-refractivity contribution in [3.8, 4) is 0 Å². The molecular weight excluding hydrogens is 549 g/mol. The first-order valence-electron chi connectivity index (χ1n) is 15.2. The van der Waals surface area contributed by atoms with Crippen LogP contribution in [0.25, 0.3) is 0 Å². The van der Waals surface area contributed by atoms with Crippen LogP contribution in [0.2, 0.25) is 10.1 Å². The van der Waals surface area contributed by atoms with E-state index in [1.165, 1.54) is 20.7 Å². The summed E-state index contributed by atoms with van der Waals surface area (Å²) in [6.07, 6.45) is -0.130. The topological polar surface area (TPSA) is 38.7 Å². The molecule has 4 aromatic carbocycles. The summed E-state index contributed by atoms with van der Waals surface area (Å²) in [7, 11) is -5.50. The predicted molar refractivity (Wildman–Crippen MR) is 180 cm³/mol. The third-order valence-corrected chi connectivity index (χ3v) is 19.1. The summed E-state index contributed by atoms with van der Waals surface area (Å²) in [4.78, 5) is 0. The van der Waals surface area contributed by atoms with Crippen molar-refractivity contribution in [3.63, 3.8) is 0 Å². The average molecular weight is 595 g/mol. The van der Waals surface area contributed by atoms with Gasteiger partial charge in [-0.2, -0.15) is 0 Å². The number of hydrogen-bond donors (Lipinski definition) is 1. The van der Waals surface area contributed by atoms with Crippen LogP contribution < -0.4 is 20.7 Å². The van der Waals surface area contributed by atoms with E-state index in [1.807, 2.05) is 0 Å². The van der Waals surface area contributed by atoms with Crippen molar-refractivity contribution >= 4 is 37.4 Å². The molecule has 0 heterocycles. The molecule has 1 N–H and O–H groups in total. The molecule has 3 nitrogen and oxygen atoms in total. The molecule has 0 spiro atoms. The maximum Gasteiger partial charge on any atom is 0.261 e. The van der Waals surface area contributed by atoms with Crippen LogP contribution in [0.3, 0.4) is 0 Å². The minimum atomic E-state index is -2.81. The number of hydrogen-bond acceptors (Lipinski definition) is 3. The molecule has 220 valence electrons. The van der Waals surface area contributed by atoms with Crippen LogP contribution >= 0.6 is 0 Å². The lowest BCUT2D eigenvalue weighted by atomic mass is 9.80. The summed E-state index contributed by atoms with van der Waals surface area (Å²) in [6, 6.07) is 43.0. The Morgan fingerprint density at radius 3 is 1.21 bits per heavy atom. The van der Waals surface area contributed by atoms with E-state index >= 15 is 0 Å². The van der Waals surface area contributed by atoms with Crippen LogP contribution in [-0.2, 0) is 8.85 Å². The van der Waals surface area contributed by atoms with Crippen molar-refractivity contribution in [1.82, 2.24) is 0 Å². The summed E-state index contributed by atoms with van der Waals surface area (Å²) in [6.45, 7) is 14.4. The lowest BCUT2D eigenvalue weighted by Crippen LogP contribution is -2.71. The molecule has 3 atom stereocenters. The summed E-state index contributed by atoms with van der Waals surface area (Å²) in [5.41, 5.74) is 0. The van der Waals surface area contributed by atoms with E-state index in [-0.39, 0.29) is 22.1 Å². The fourth-order valence-corrected chi connectivity index (χ4v) is 16.3. The number of rotatable bonds is 9. The van der Waals surface area contributed by atoms with Crippen LogP contribution in [0.4, 0.5) is 0 Å². The summed E-state index contributed by atoms with van der Waals surface area (Å²) < 4.78 is 14.7. The van der Waals surface area contributed by atoms with Gasteiger partial charge in [0, 0.05) is 12.5 Å². The highest BCUT2D eigenvalue weighted by atomic mass is 28.4. The Bertz CT molecular complexity index is 1340. The predicted octanol–water partition coefficient (Wildman–Crippen LogP) is 5.89. The summed E-state index contributed by atoms with van der Waals surface area (Å²) >= 11 is 0. The van der Waals surface area contributed by atoms with Crippen molar-refractivity contribution in [2.75, 3.05) is 6.61 Å². The van der Waals surface area contributed by atoms with E-state index in [4.69, 9.17) is 8.85 Å². The maximum absolute atomic E-state index is 11.3. The molecule has 4 aromatic rings. The summed E-state index contributed by atoms with van der Waals surface area (Å²) in [5, 5.41) is 16.0. The second-order valence-corrected chi connectivity index (χ2v) is 22.3. The maximum atomic E-state index is 11.3. The molecule has 5 heteroatoms.